The molecule has 0 saturated heterocycles. The maximum Gasteiger partial charge on any atom is 0.342 e. The van der Waals surface area contributed by atoms with E-state index in [-0.39, 0.29) is 0 Å². The molecule has 2 unspecified atom stereocenters. The second kappa shape index (κ2) is 2.83. The van der Waals surface area contributed by atoms with Crippen LogP contribution in [-0.2, 0) is 4.79 Å². The van der Waals surface area contributed by atoms with Crippen molar-refractivity contribution in [1.29, 1.82) is 0 Å². The van der Waals surface area contributed by atoms with Crippen molar-refractivity contribution < 1.29 is 19.9 Å². The SMILES string of the molecule is CC([N+](=O)[O-])C(C)(O)C(=O)O. The predicted octanol–water partition coefficient (Wildman–Crippen LogP) is -0.513. The Morgan fingerprint density at radius 1 is 1.73 bits per heavy atom. The number of nitrogens with zero attached hydrogens (tertiary/aromatic N) is 1. The van der Waals surface area contributed by atoms with Crippen molar-refractivity contribution in [2.45, 2.75) is 25.5 Å². The third kappa shape index (κ3) is 1.87. The first kappa shape index (κ1) is 9.83. The lowest BCUT2D eigenvalue weighted by molar-refractivity contribution is -0.536. The van der Waals surface area contributed by atoms with Gasteiger partial charge in [0.15, 0.2) is 0 Å². The molecule has 11 heavy (non-hydrogen) atoms. The number of aliphatic hydroxyl groups is 1. The van der Waals surface area contributed by atoms with Gasteiger partial charge in [0.1, 0.15) is 0 Å². The first-order valence-electron chi connectivity index (χ1n) is 2.89. The molecule has 6 nitrogen and oxygen atoms in total. The van der Waals surface area contributed by atoms with Gasteiger partial charge in [0.25, 0.3) is 0 Å². The van der Waals surface area contributed by atoms with Crippen LogP contribution in [0, 0.1) is 10.1 Å². The summed E-state index contributed by atoms with van der Waals surface area (Å²) in [6, 6.07) is -1.51. The molecule has 0 aliphatic carbocycles. The Hall–Kier alpha value is -1.17. The van der Waals surface area contributed by atoms with E-state index < -0.39 is 22.5 Å². The third-order valence-corrected chi connectivity index (χ3v) is 1.56. The molecule has 0 saturated carbocycles. The lowest BCUT2D eigenvalue weighted by Crippen LogP contribution is -2.48. The highest BCUT2D eigenvalue weighted by Gasteiger charge is 2.44. The summed E-state index contributed by atoms with van der Waals surface area (Å²) in [5, 5.41) is 27.3. The molecule has 2 N–H and O–H groups in total. The summed E-state index contributed by atoms with van der Waals surface area (Å²) in [7, 11) is 0. The van der Waals surface area contributed by atoms with Crippen LogP contribution in [0.1, 0.15) is 13.8 Å². The Morgan fingerprint density at radius 3 is 2.18 bits per heavy atom. The van der Waals surface area contributed by atoms with Crippen molar-refractivity contribution in [3.63, 3.8) is 0 Å². The van der Waals surface area contributed by atoms with Gasteiger partial charge in [-0.15, -0.1) is 0 Å². The van der Waals surface area contributed by atoms with E-state index in [1.165, 1.54) is 0 Å². The summed E-state index contributed by atoms with van der Waals surface area (Å²) in [6.45, 7) is 1.93. The minimum Gasteiger partial charge on any atom is -0.479 e. The molecular weight excluding hydrogens is 154 g/mol. The first-order valence-corrected chi connectivity index (χ1v) is 2.89. The van der Waals surface area contributed by atoms with Crippen LogP contribution in [0.2, 0.25) is 0 Å². The largest absolute Gasteiger partial charge is 0.479 e. The fourth-order valence-corrected chi connectivity index (χ4v) is 0.384. The molecule has 0 fully saturated rings. The van der Waals surface area contributed by atoms with Crippen LogP contribution >= 0.6 is 0 Å². The number of nitro groups is 1. The van der Waals surface area contributed by atoms with Crippen molar-refractivity contribution in [1.82, 2.24) is 0 Å². The molecule has 6 heteroatoms. The van der Waals surface area contributed by atoms with Crippen LogP contribution in [0.3, 0.4) is 0 Å². The fraction of sp³-hybridized carbons (Fsp3) is 0.800. The second-order valence-electron chi connectivity index (χ2n) is 2.41. The van der Waals surface area contributed by atoms with Gasteiger partial charge >= 0.3 is 5.97 Å². The molecule has 0 aliphatic rings. The minimum absolute atomic E-state index is 0.839. The van der Waals surface area contributed by atoms with Crippen LogP contribution in [0.25, 0.3) is 0 Å². The maximum atomic E-state index is 10.2. The zero-order valence-electron chi connectivity index (χ0n) is 6.14. The normalized spacial score (nSPS) is 18.5. The molecule has 64 valence electrons. The monoisotopic (exact) mass is 163 g/mol. The van der Waals surface area contributed by atoms with Crippen LogP contribution in [-0.4, -0.2) is 32.7 Å². The minimum atomic E-state index is -2.30. The topological polar surface area (TPSA) is 101 Å². The number of hydrogen-bond acceptors (Lipinski definition) is 4. The molecule has 0 amide bonds. The zero-order valence-corrected chi connectivity index (χ0v) is 6.14. The van der Waals surface area contributed by atoms with Gasteiger partial charge in [0.05, 0.1) is 0 Å². The lowest BCUT2D eigenvalue weighted by atomic mass is 9.99. The molecule has 0 bridgehead atoms. The van der Waals surface area contributed by atoms with E-state index in [0.717, 1.165) is 13.8 Å². The van der Waals surface area contributed by atoms with Crippen LogP contribution < -0.4 is 0 Å². The Balaban J connectivity index is 4.55. The van der Waals surface area contributed by atoms with E-state index in [0.29, 0.717) is 0 Å². The molecular formula is C5H9NO5. The zero-order chi connectivity index (χ0) is 9.23. The van der Waals surface area contributed by atoms with Crippen LogP contribution in [0.5, 0.6) is 0 Å². The Morgan fingerprint density at radius 2 is 2.09 bits per heavy atom. The van der Waals surface area contributed by atoms with Gasteiger partial charge in [0.2, 0.25) is 11.6 Å². The van der Waals surface area contributed by atoms with Crippen LogP contribution in [0.15, 0.2) is 0 Å². The van der Waals surface area contributed by atoms with Gasteiger partial charge in [0, 0.05) is 11.8 Å². The molecule has 0 spiro atoms. The van der Waals surface area contributed by atoms with Gasteiger partial charge in [-0.1, -0.05) is 0 Å². The molecule has 0 aromatic carbocycles. The average Bonchev–Trinajstić information content (AvgIpc) is 1.85. The summed E-state index contributed by atoms with van der Waals surface area (Å²) in [4.78, 5) is 19.4. The van der Waals surface area contributed by atoms with Crippen molar-refractivity contribution >= 4 is 5.97 Å². The number of aliphatic carboxylic acids is 1. The Kier molecular flexibility index (Phi) is 2.53. The molecule has 0 rings (SSSR count). The van der Waals surface area contributed by atoms with Gasteiger partial charge in [-0.05, 0) is 6.92 Å². The van der Waals surface area contributed by atoms with E-state index in [9.17, 15) is 14.9 Å². The maximum absolute atomic E-state index is 10.2. The summed E-state index contributed by atoms with van der Waals surface area (Å²) in [6.07, 6.45) is 0. The van der Waals surface area contributed by atoms with Gasteiger partial charge < -0.3 is 10.2 Å². The van der Waals surface area contributed by atoms with E-state index in [4.69, 9.17) is 10.2 Å². The summed E-state index contributed by atoms with van der Waals surface area (Å²) >= 11 is 0. The number of carbonyl (C=O) groups is 1. The van der Waals surface area contributed by atoms with Gasteiger partial charge in [-0.25, -0.2) is 4.79 Å². The predicted molar refractivity (Wildman–Crippen MR) is 34.7 cm³/mol. The second-order valence-corrected chi connectivity index (χ2v) is 2.41. The highest BCUT2D eigenvalue weighted by molar-refractivity contribution is 5.77. The van der Waals surface area contributed by atoms with E-state index in [1.54, 1.807) is 0 Å². The standard InChI is InChI=1S/C5H9NO5/c1-3(6(10)11)5(2,9)4(7)8/h3,9H,1-2H3,(H,7,8). The Labute approximate surface area is 62.6 Å². The smallest absolute Gasteiger partial charge is 0.342 e. The fourth-order valence-electron chi connectivity index (χ4n) is 0.384. The number of rotatable bonds is 3. The van der Waals surface area contributed by atoms with Crippen LogP contribution in [0.4, 0.5) is 0 Å². The quantitative estimate of drug-likeness (QED) is 0.431. The van der Waals surface area contributed by atoms with E-state index in [2.05, 4.69) is 0 Å². The Bertz CT molecular complexity index is 187. The summed E-state index contributed by atoms with van der Waals surface area (Å²) in [5.74, 6) is -1.60. The molecule has 0 aromatic heterocycles. The number of carboxylic acids is 1. The van der Waals surface area contributed by atoms with Crippen molar-refractivity contribution in [2.75, 3.05) is 0 Å². The molecule has 2 atom stereocenters. The molecule has 0 aliphatic heterocycles. The summed E-state index contributed by atoms with van der Waals surface area (Å²) < 4.78 is 0. The van der Waals surface area contributed by atoms with Crippen molar-refractivity contribution in [2.24, 2.45) is 0 Å². The van der Waals surface area contributed by atoms with E-state index >= 15 is 0 Å². The third-order valence-electron chi connectivity index (χ3n) is 1.56. The van der Waals surface area contributed by atoms with Crippen molar-refractivity contribution in [3.05, 3.63) is 10.1 Å². The van der Waals surface area contributed by atoms with Gasteiger partial charge in [-0.3, -0.25) is 10.1 Å². The highest BCUT2D eigenvalue weighted by Crippen LogP contribution is 2.11. The van der Waals surface area contributed by atoms with E-state index in [1.807, 2.05) is 0 Å². The molecule has 0 radical (unpaired) electrons. The summed E-state index contributed by atoms with van der Waals surface area (Å²) in [5.41, 5.74) is -2.30. The number of hydrogen-bond donors (Lipinski definition) is 2. The highest BCUT2D eigenvalue weighted by atomic mass is 16.6. The molecule has 0 heterocycles. The number of carboxylic acid groups (broad SMARTS) is 1. The average molecular weight is 163 g/mol. The molecule has 0 aromatic rings. The van der Waals surface area contributed by atoms with Gasteiger partial charge in [-0.2, -0.15) is 0 Å². The first-order chi connectivity index (χ1) is 4.80. The lowest BCUT2D eigenvalue weighted by Gasteiger charge is -2.18. The van der Waals surface area contributed by atoms with Crippen molar-refractivity contribution in [3.8, 4) is 0 Å².